The monoisotopic (exact) mass is 196 g/mol. The Morgan fingerprint density at radius 3 is 1.86 bits per heavy atom. The van der Waals surface area contributed by atoms with Crippen molar-refractivity contribution in [1.29, 1.82) is 0 Å². The van der Waals surface area contributed by atoms with Crippen molar-refractivity contribution in [2.45, 2.75) is 46.0 Å². The largest absolute Gasteiger partial charge is 0.392 e. The van der Waals surface area contributed by atoms with Gasteiger partial charge in [-0.25, -0.2) is 0 Å². The van der Waals surface area contributed by atoms with Crippen LogP contribution in [0.15, 0.2) is 0 Å². The molecule has 0 N–H and O–H groups in total. The van der Waals surface area contributed by atoms with E-state index in [0.717, 1.165) is 32.1 Å². The molecule has 0 aromatic carbocycles. The number of esters is 2. The Hall–Kier alpha value is -0.860. The van der Waals surface area contributed by atoms with E-state index in [9.17, 15) is 9.59 Å². The van der Waals surface area contributed by atoms with E-state index in [1.165, 1.54) is 0 Å². The SMILES string of the molecule is CC.O=C1OC(=O)C23CCCCC12C3. The van der Waals surface area contributed by atoms with Crippen molar-refractivity contribution in [2.75, 3.05) is 0 Å². The standard InChI is InChI=1S/C9H10O3.C2H6/c10-6-8-3-1-2-4-9(8,5-8)7(11)12-6;1-2/h1-5H2;1-2H3. The summed E-state index contributed by atoms with van der Waals surface area (Å²) in [6, 6.07) is 0. The van der Waals surface area contributed by atoms with Crippen molar-refractivity contribution in [3.8, 4) is 0 Å². The Bertz CT molecular complexity index is 269. The van der Waals surface area contributed by atoms with Gasteiger partial charge in [-0.15, -0.1) is 0 Å². The van der Waals surface area contributed by atoms with Crippen LogP contribution in [0.3, 0.4) is 0 Å². The predicted molar refractivity (Wildman–Crippen MR) is 50.4 cm³/mol. The van der Waals surface area contributed by atoms with Gasteiger partial charge < -0.3 is 4.74 Å². The molecule has 1 heterocycles. The summed E-state index contributed by atoms with van der Waals surface area (Å²) in [4.78, 5) is 22.7. The molecular weight excluding hydrogens is 180 g/mol. The number of hydrogen-bond acceptors (Lipinski definition) is 3. The van der Waals surface area contributed by atoms with E-state index in [-0.39, 0.29) is 22.8 Å². The minimum Gasteiger partial charge on any atom is -0.392 e. The second-order valence-electron chi connectivity index (χ2n) is 4.23. The summed E-state index contributed by atoms with van der Waals surface area (Å²) in [5.74, 6) is -0.487. The first-order valence-electron chi connectivity index (χ1n) is 5.48. The highest BCUT2D eigenvalue weighted by Gasteiger charge is 2.82. The van der Waals surface area contributed by atoms with E-state index in [2.05, 4.69) is 4.74 Å². The lowest BCUT2D eigenvalue weighted by molar-refractivity contribution is -0.158. The molecule has 0 aromatic heterocycles. The van der Waals surface area contributed by atoms with Gasteiger partial charge in [0, 0.05) is 0 Å². The van der Waals surface area contributed by atoms with Crippen LogP contribution in [0.25, 0.3) is 0 Å². The molecule has 2 unspecified atom stereocenters. The molecule has 0 spiro atoms. The van der Waals surface area contributed by atoms with Gasteiger partial charge >= 0.3 is 11.9 Å². The fourth-order valence-electron chi connectivity index (χ4n) is 3.00. The highest BCUT2D eigenvalue weighted by Crippen LogP contribution is 2.75. The molecule has 1 aliphatic heterocycles. The fourth-order valence-corrected chi connectivity index (χ4v) is 3.00. The van der Waals surface area contributed by atoms with Crippen LogP contribution in [0.1, 0.15) is 46.0 Å². The molecule has 0 amide bonds. The molecule has 0 bridgehead atoms. The summed E-state index contributed by atoms with van der Waals surface area (Å²) >= 11 is 0. The summed E-state index contributed by atoms with van der Waals surface area (Å²) in [5, 5.41) is 0. The van der Waals surface area contributed by atoms with E-state index in [4.69, 9.17) is 0 Å². The summed E-state index contributed by atoms with van der Waals surface area (Å²) in [6.45, 7) is 4.00. The first-order chi connectivity index (χ1) is 6.71. The van der Waals surface area contributed by atoms with Crippen LogP contribution < -0.4 is 0 Å². The maximum Gasteiger partial charge on any atom is 0.320 e. The van der Waals surface area contributed by atoms with Gasteiger partial charge in [-0.2, -0.15) is 0 Å². The van der Waals surface area contributed by atoms with Gasteiger partial charge in [0.15, 0.2) is 0 Å². The van der Waals surface area contributed by atoms with Crippen LogP contribution in [-0.2, 0) is 14.3 Å². The van der Waals surface area contributed by atoms with E-state index < -0.39 is 0 Å². The second kappa shape index (κ2) is 2.81. The molecule has 3 aliphatic rings. The fraction of sp³-hybridized carbons (Fsp3) is 0.818. The lowest BCUT2D eigenvalue weighted by Gasteiger charge is -2.17. The van der Waals surface area contributed by atoms with Crippen molar-refractivity contribution in [3.63, 3.8) is 0 Å². The molecule has 2 aliphatic carbocycles. The summed E-state index contributed by atoms with van der Waals surface area (Å²) in [5.41, 5.74) is -0.690. The zero-order chi connectivity index (χ0) is 10.4. The van der Waals surface area contributed by atoms with Crippen LogP contribution in [0.2, 0.25) is 0 Å². The average Bonchev–Trinajstić information content (AvgIpc) is 2.87. The minimum absolute atomic E-state index is 0.243. The average molecular weight is 196 g/mol. The number of rotatable bonds is 0. The normalized spacial score (nSPS) is 43.0. The number of ether oxygens (including phenoxy) is 1. The van der Waals surface area contributed by atoms with Crippen LogP contribution >= 0.6 is 0 Å². The predicted octanol–water partition coefficient (Wildman–Crippen LogP) is 2.05. The molecule has 3 rings (SSSR count). The molecule has 2 atom stereocenters. The van der Waals surface area contributed by atoms with E-state index in [1.54, 1.807) is 0 Å². The quantitative estimate of drug-likeness (QED) is 0.440. The van der Waals surface area contributed by atoms with Crippen molar-refractivity contribution >= 4 is 11.9 Å². The van der Waals surface area contributed by atoms with Gasteiger partial charge in [-0.1, -0.05) is 26.7 Å². The van der Waals surface area contributed by atoms with Crippen molar-refractivity contribution < 1.29 is 14.3 Å². The topological polar surface area (TPSA) is 43.4 Å². The highest BCUT2D eigenvalue weighted by molar-refractivity contribution is 6.07. The number of hydrogen-bond donors (Lipinski definition) is 0. The Labute approximate surface area is 83.8 Å². The van der Waals surface area contributed by atoms with Crippen LogP contribution in [0.5, 0.6) is 0 Å². The Balaban J connectivity index is 0.000000354. The molecule has 3 nitrogen and oxygen atoms in total. The van der Waals surface area contributed by atoms with E-state index in [1.807, 2.05) is 13.8 Å². The smallest absolute Gasteiger partial charge is 0.320 e. The zero-order valence-electron chi connectivity index (χ0n) is 8.76. The number of carbonyl (C=O) groups is 2. The third-order valence-electron chi connectivity index (χ3n) is 3.82. The van der Waals surface area contributed by atoms with Gasteiger partial charge in [0.2, 0.25) is 0 Å². The number of cyclic esters (lactones) is 2. The molecule has 3 fully saturated rings. The van der Waals surface area contributed by atoms with Gasteiger partial charge in [-0.05, 0) is 19.3 Å². The summed E-state index contributed by atoms with van der Waals surface area (Å²) in [6.07, 6.45) is 4.67. The molecule has 0 aromatic rings. The molecule has 3 heteroatoms. The number of carbonyl (C=O) groups excluding carboxylic acids is 2. The van der Waals surface area contributed by atoms with Gasteiger partial charge in [0.1, 0.15) is 0 Å². The maximum absolute atomic E-state index is 11.3. The second-order valence-corrected chi connectivity index (χ2v) is 4.23. The Morgan fingerprint density at radius 2 is 1.43 bits per heavy atom. The third kappa shape index (κ3) is 0.830. The third-order valence-corrected chi connectivity index (χ3v) is 3.82. The highest BCUT2D eigenvalue weighted by atomic mass is 16.6. The summed E-state index contributed by atoms with van der Waals surface area (Å²) in [7, 11) is 0. The maximum atomic E-state index is 11.3. The first-order valence-corrected chi connectivity index (χ1v) is 5.48. The first kappa shape index (κ1) is 9.69. The Kier molecular flexibility index (Phi) is 1.95. The van der Waals surface area contributed by atoms with Crippen LogP contribution in [-0.4, -0.2) is 11.9 Å². The van der Waals surface area contributed by atoms with E-state index in [0.29, 0.717) is 0 Å². The lowest BCUT2D eigenvalue weighted by atomic mass is 9.81. The Morgan fingerprint density at radius 1 is 1.00 bits per heavy atom. The van der Waals surface area contributed by atoms with Gasteiger partial charge in [0.25, 0.3) is 0 Å². The molecule has 14 heavy (non-hydrogen) atoms. The van der Waals surface area contributed by atoms with Crippen molar-refractivity contribution in [3.05, 3.63) is 0 Å². The molecule has 1 saturated heterocycles. The van der Waals surface area contributed by atoms with E-state index >= 15 is 0 Å². The molecule has 0 radical (unpaired) electrons. The zero-order valence-corrected chi connectivity index (χ0v) is 8.76. The van der Waals surface area contributed by atoms with Crippen molar-refractivity contribution in [2.24, 2.45) is 10.8 Å². The molecule has 2 saturated carbocycles. The minimum atomic E-state index is -0.345. The van der Waals surface area contributed by atoms with Crippen LogP contribution in [0, 0.1) is 10.8 Å². The lowest BCUT2D eigenvalue weighted by Crippen LogP contribution is -2.21. The molecular formula is C11H16O3. The molecule has 78 valence electrons. The summed E-state index contributed by atoms with van der Waals surface area (Å²) < 4.78 is 4.67. The van der Waals surface area contributed by atoms with Gasteiger partial charge in [-0.3, -0.25) is 9.59 Å². The van der Waals surface area contributed by atoms with Crippen LogP contribution in [0.4, 0.5) is 0 Å². The van der Waals surface area contributed by atoms with Crippen molar-refractivity contribution in [1.82, 2.24) is 0 Å². The van der Waals surface area contributed by atoms with Gasteiger partial charge in [0.05, 0.1) is 10.8 Å².